The molecule has 3 unspecified atom stereocenters. The zero-order valence-electron chi connectivity index (χ0n) is 13.4. The summed E-state index contributed by atoms with van der Waals surface area (Å²) in [5, 5.41) is 9.26. The van der Waals surface area contributed by atoms with Crippen LogP contribution in [0.5, 0.6) is 0 Å². The first-order valence-electron chi connectivity index (χ1n) is 7.54. The molecule has 0 aliphatic carbocycles. The molecule has 1 aliphatic heterocycles. The van der Waals surface area contributed by atoms with E-state index in [0.29, 0.717) is 12.8 Å². The van der Waals surface area contributed by atoms with E-state index in [1.165, 1.54) is 7.11 Å². The minimum atomic E-state index is -1.21. The Kier molecular flexibility index (Phi) is 5.21. The summed E-state index contributed by atoms with van der Waals surface area (Å²) in [5.41, 5.74) is -0.904. The molecule has 3 atom stereocenters. The van der Waals surface area contributed by atoms with E-state index in [-0.39, 0.29) is 13.2 Å². The fourth-order valence-corrected chi connectivity index (χ4v) is 3.19. The number of carbonyl (C=O) groups excluding carboxylic acids is 1. The summed E-state index contributed by atoms with van der Waals surface area (Å²) >= 11 is 0. The van der Waals surface area contributed by atoms with Crippen molar-refractivity contribution in [2.45, 2.75) is 44.0 Å². The molecule has 1 N–H and O–H groups in total. The van der Waals surface area contributed by atoms with Crippen LogP contribution in [0.2, 0.25) is 0 Å². The Morgan fingerprint density at radius 1 is 1.45 bits per heavy atom. The predicted octanol–water partition coefficient (Wildman–Crippen LogP) is 2.02. The third kappa shape index (κ3) is 2.76. The van der Waals surface area contributed by atoms with Gasteiger partial charge in [0.2, 0.25) is 5.60 Å². The van der Waals surface area contributed by atoms with Gasteiger partial charge in [-0.05, 0) is 25.3 Å². The maximum absolute atomic E-state index is 12.6. The zero-order valence-corrected chi connectivity index (χ0v) is 13.4. The van der Waals surface area contributed by atoms with E-state index >= 15 is 0 Å². The molecule has 0 spiro atoms. The van der Waals surface area contributed by atoms with Crippen LogP contribution in [0.3, 0.4) is 0 Å². The highest BCUT2D eigenvalue weighted by atomic mass is 16.7. The van der Waals surface area contributed by atoms with Gasteiger partial charge < -0.3 is 19.3 Å². The Morgan fingerprint density at radius 3 is 2.64 bits per heavy atom. The number of carbonyl (C=O) groups is 1. The van der Waals surface area contributed by atoms with E-state index in [4.69, 9.17) is 14.2 Å². The van der Waals surface area contributed by atoms with Crippen molar-refractivity contribution in [2.24, 2.45) is 0 Å². The van der Waals surface area contributed by atoms with E-state index in [2.05, 4.69) is 0 Å². The van der Waals surface area contributed by atoms with Crippen molar-refractivity contribution < 1.29 is 24.1 Å². The zero-order chi connectivity index (χ0) is 16.2. The van der Waals surface area contributed by atoms with Crippen LogP contribution in [-0.2, 0) is 24.4 Å². The molecule has 122 valence electrons. The summed E-state index contributed by atoms with van der Waals surface area (Å²) in [4.78, 5) is 12.6. The molecular weight excluding hydrogens is 284 g/mol. The highest BCUT2D eigenvalue weighted by molar-refractivity contribution is 5.82. The van der Waals surface area contributed by atoms with Crippen molar-refractivity contribution >= 4 is 5.97 Å². The molecule has 1 aromatic rings. The van der Waals surface area contributed by atoms with Crippen molar-refractivity contribution in [2.75, 3.05) is 20.3 Å². The number of methoxy groups -OCH3 is 1. The van der Waals surface area contributed by atoms with Crippen LogP contribution in [0.15, 0.2) is 30.3 Å². The fourth-order valence-electron chi connectivity index (χ4n) is 3.19. The van der Waals surface area contributed by atoms with Gasteiger partial charge in [-0.1, -0.05) is 37.3 Å². The lowest BCUT2D eigenvalue weighted by atomic mass is 9.66. The lowest BCUT2D eigenvalue weighted by molar-refractivity contribution is -0.178. The third-order valence-corrected chi connectivity index (χ3v) is 4.54. The molecule has 5 nitrogen and oxygen atoms in total. The third-order valence-electron chi connectivity index (χ3n) is 4.54. The average molecular weight is 308 g/mol. The number of hydrogen-bond donors (Lipinski definition) is 1. The monoisotopic (exact) mass is 308 g/mol. The summed E-state index contributed by atoms with van der Waals surface area (Å²) in [6.07, 6.45) is 0.664. The van der Waals surface area contributed by atoms with E-state index in [9.17, 15) is 9.90 Å². The van der Waals surface area contributed by atoms with Gasteiger partial charge in [0.1, 0.15) is 0 Å². The number of ether oxygens (including phenoxy) is 3. The molecule has 1 fully saturated rings. The highest BCUT2D eigenvalue weighted by Gasteiger charge is 2.60. The molecule has 0 saturated carbocycles. The number of benzene rings is 1. The van der Waals surface area contributed by atoms with Crippen LogP contribution >= 0.6 is 0 Å². The second-order valence-corrected chi connectivity index (χ2v) is 5.84. The molecule has 1 heterocycles. The quantitative estimate of drug-likeness (QED) is 0.815. The van der Waals surface area contributed by atoms with Gasteiger partial charge in [0.25, 0.3) is 0 Å². The van der Waals surface area contributed by atoms with Crippen LogP contribution in [-0.4, -0.2) is 43.3 Å². The lowest BCUT2D eigenvalue weighted by Crippen LogP contribution is -2.58. The minimum Gasteiger partial charge on any atom is -0.467 e. The maximum Gasteiger partial charge on any atom is 0.341 e. The Hall–Kier alpha value is -1.43. The summed E-state index contributed by atoms with van der Waals surface area (Å²) < 4.78 is 16.5. The van der Waals surface area contributed by atoms with E-state index in [1.54, 1.807) is 6.92 Å². The topological polar surface area (TPSA) is 65.0 Å². The molecule has 0 amide bonds. The van der Waals surface area contributed by atoms with Gasteiger partial charge in [-0.25, -0.2) is 4.79 Å². The van der Waals surface area contributed by atoms with Crippen LogP contribution < -0.4 is 0 Å². The average Bonchev–Trinajstić information content (AvgIpc) is 2.96. The van der Waals surface area contributed by atoms with Gasteiger partial charge in [-0.3, -0.25) is 0 Å². The Balaban J connectivity index is 2.52. The molecule has 2 rings (SSSR count). The summed E-state index contributed by atoms with van der Waals surface area (Å²) in [6, 6.07) is 9.71. The highest BCUT2D eigenvalue weighted by Crippen LogP contribution is 2.46. The van der Waals surface area contributed by atoms with E-state index < -0.39 is 23.3 Å². The van der Waals surface area contributed by atoms with E-state index in [0.717, 1.165) is 5.56 Å². The van der Waals surface area contributed by atoms with Gasteiger partial charge in [-0.2, -0.15) is 0 Å². The van der Waals surface area contributed by atoms with Crippen LogP contribution in [0.4, 0.5) is 0 Å². The lowest BCUT2D eigenvalue weighted by Gasteiger charge is -2.43. The van der Waals surface area contributed by atoms with Gasteiger partial charge in [0.15, 0.2) is 6.29 Å². The fraction of sp³-hybridized carbons (Fsp3) is 0.588. The van der Waals surface area contributed by atoms with E-state index in [1.807, 2.05) is 37.3 Å². The second-order valence-electron chi connectivity index (χ2n) is 5.84. The van der Waals surface area contributed by atoms with Gasteiger partial charge in [0, 0.05) is 12.0 Å². The SMILES string of the molecule is COC(=O)C1(C(C)(CCCO)c2ccccc2)COC(C)O1. The molecule has 0 aromatic heterocycles. The van der Waals surface area contributed by atoms with Gasteiger partial charge in [0.05, 0.1) is 13.7 Å². The second kappa shape index (κ2) is 6.77. The van der Waals surface area contributed by atoms with Crippen molar-refractivity contribution in [3.63, 3.8) is 0 Å². The Bertz CT molecular complexity index is 503. The molecule has 5 heteroatoms. The molecule has 0 radical (unpaired) electrons. The normalized spacial score (nSPS) is 27.4. The Morgan fingerprint density at radius 2 is 2.14 bits per heavy atom. The van der Waals surface area contributed by atoms with Crippen LogP contribution in [0, 0.1) is 0 Å². The molecule has 22 heavy (non-hydrogen) atoms. The van der Waals surface area contributed by atoms with Gasteiger partial charge >= 0.3 is 5.97 Å². The Labute approximate surface area is 131 Å². The number of aliphatic hydroxyl groups is 1. The minimum absolute atomic E-state index is 0.0517. The number of aliphatic hydroxyl groups excluding tert-OH is 1. The molecule has 1 saturated heterocycles. The first kappa shape index (κ1) is 16.9. The molecule has 1 aromatic carbocycles. The first-order valence-corrected chi connectivity index (χ1v) is 7.54. The van der Waals surface area contributed by atoms with Crippen molar-refractivity contribution in [3.8, 4) is 0 Å². The summed E-state index contributed by atoms with van der Waals surface area (Å²) in [5.74, 6) is -0.443. The first-order chi connectivity index (χ1) is 10.5. The van der Waals surface area contributed by atoms with Crippen molar-refractivity contribution in [3.05, 3.63) is 35.9 Å². The maximum atomic E-state index is 12.6. The summed E-state index contributed by atoms with van der Waals surface area (Å²) in [7, 11) is 1.36. The number of esters is 1. The van der Waals surface area contributed by atoms with Crippen LogP contribution in [0.25, 0.3) is 0 Å². The molecular formula is C17H24O5. The number of hydrogen-bond acceptors (Lipinski definition) is 5. The molecule has 1 aliphatic rings. The smallest absolute Gasteiger partial charge is 0.341 e. The van der Waals surface area contributed by atoms with Crippen molar-refractivity contribution in [1.29, 1.82) is 0 Å². The standard InChI is InChI=1S/C17H24O5/c1-13-21-12-17(22-13,15(19)20-3)16(2,10-7-11-18)14-8-5-4-6-9-14/h4-6,8-9,13,18H,7,10-12H2,1-3H3. The van der Waals surface area contributed by atoms with Crippen LogP contribution in [0.1, 0.15) is 32.3 Å². The predicted molar refractivity (Wildman–Crippen MR) is 81.4 cm³/mol. The largest absolute Gasteiger partial charge is 0.467 e. The molecule has 0 bridgehead atoms. The van der Waals surface area contributed by atoms with Crippen molar-refractivity contribution in [1.82, 2.24) is 0 Å². The summed E-state index contributed by atoms with van der Waals surface area (Å²) in [6.45, 7) is 3.92. The number of rotatable bonds is 6. The van der Waals surface area contributed by atoms with Gasteiger partial charge in [-0.15, -0.1) is 0 Å².